The van der Waals surface area contributed by atoms with E-state index in [4.69, 9.17) is 4.74 Å². The van der Waals surface area contributed by atoms with Crippen LogP contribution in [-0.4, -0.2) is 31.3 Å². The molecule has 2 aromatic carbocycles. The molecule has 0 radical (unpaired) electrons. The monoisotopic (exact) mass is 385 g/mol. The summed E-state index contributed by atoms with van der Waals surface area (Å²) in [6.45, 7) is 3.42. The first kappa shape index (κ1) is 18.7. The Morgan fingerprint density at radius 2 is 1.78 bits per heavy atom. The summed E-state index contributed by atoms with van der Waals surface area (Å²) in [6.07, 6.45) is 0. The quantitative estimate of drug-likeness (QED) is 0.682. The number of hydrogen-bond acceptors (Lipinski definition) is 5. The summed E-state index contributed by atoms with van der Waals surface area (Å²) in [5, 5.41) is 4.35. The first-order valence-corrected chi connectivity index (χ1v) is 9.64. The molecule has 0 fully saturated rings. The molecule has 0 unspecified atom stereocenters. The summed E-state index contributed by atoms with van der Waals surface area (Å²) in [6, 6.07) is 15.4. The van der Waals surface area contributed by atoms with Crippen molar-refractivity contribution in [1.29, 1.82) is 0 Å². The van der Waals surface area contributed by atoms with E-state index in [0.717, 1.165) is 0 Å². The van der Waals surface area contributed by atoms with Gasteiger partial charge in [0, 0.05) is 6.07 Å². The van der Waals surface area contributed by atoms with Crippen LogP contribution >= 0.6 is 0 Å². The van der Waals surface area contributed by atoms with Crippen molar-refractivity contribution in [2.45, 2.75) is 18.7 Å². The fourth-order valence-electron chi connectivity index (χ4n) is 2.76. The van der Waals surface area contributed by atoms with Crippen LogP contribution in [0.2, 0.25) is 0 Å². The second kappa shape index (κ2) is 7.24. The highest BCUT2D eigenvalue weighted by atomic mass is 32.2. The molecule has 140 valence electrons. The van der Waals surface area contributed by atoms with E-state index in [0.29, 0.717) is 16.9 Å². The molecule has 27 heavy (non-hydrogen) atoms. The van der Waals surface area contributed by atoms with Crippen molar-refractivity contribution in [3.63, 3.8) is 0 Å². The summed E-state index contributed by atoms with van der Waals surface area (Å²) in [5.41, 5.74) is 1.88. The number of ether oxygens (including phenoxy) is 1. The zero-order valence-corrected chi connectivity index (χ0v) is 15.9. The number of nitrogens with zero attached hydrogens (tertiary/aromatic N) is 2. The van der Waals surface area contributed by atoms with Gasteiger partial charge in [-0.15, -0.1) is 0 Å². The van der Waals surface area contributed by atoms with Gasteiger partial charge in [0.15, 0.2) is 0 Å². The molecule has 0 spiro atoms. The van der Waals surface area contributed by atoms with Gasteiger partial charge in [-0.25, -0.2) is 17.9 Å². The lowest BCUT2D eigenvalue weighted by Crippen LogP contribution is -2.20. The Morgan fingerprint density at radius 1 is 1.07 bits per heavy atom. The summed E-state index contributed by atoms with van der Waals surface area (Å²) in [5.74, 6) is -0.433. The van der Waals surface area contributed by atoms with Crippen molar-refractivity contribution in [2.24, 2.45) is 0 Å². The molecule has 0 bridgehead atoms. The molecule has 1 heterocycles. The SMILES string of the molecule is COC(=O)c1c(C)cccc1S(=O)(=O)Nc1cc(C)nn1-c1ccccc1. The van der Waals surface area contributed by atoms with Crippen LogP contribution in [-0.2, 0) is 14.8 Å². The number of anilines is 1. The molecule has 1 N–H and O–H groups in total. The van der Waals surface area contributed by atoms with Crippen molar-refractivity contribution in [1.82, 2.24) is 9.78 Å². The molecular weight excluding hydrogens is 366 g/mol. The molecule has 1 aromatic heterocycles. The highest BCUT2D eigenvalue weighted by Gasteiger charge is 2.26. The van der Waals surface area contributed by atoms with Gasteiger partial charge in [-0.1, -0.05) is 30.3 Å². The van der Waals surface area contributed by atoms with Gasteiger partial charge < -0.3 is 4.74 Å². The Hall–Kier alpha value is -3.13. The third kappa shape index (κ3) is 3.70. The second-order valence-corrected chi connectivity index (χ2v) is 7.61. The summed E-state index contributed by atoms with van der Waals surface area (Å²) in [4.78, 5) is 12.0. The Labute approximate surface area is 157 Å². The number of benzene rings is 2. The second-order valence-electron chi connectivity index (χ2n) is 5.96. The van der Waals surface area contributed by atoms with Crippen molar-refractivity contribution >= 4 is 21.8 Å². The highest BCUT2D eigenvalue weighted by molar-refractivity contribution is 7.92. The van der Waals surface area contributed by atoms with Crippen LogP contribution in [0.1, 0.15) is 21.6 Å². The van der Waals surface area contributed by atoms with Crippen LogP contribution in [0.25, 0.3) is 5.69 Å². The molecular formula is C19H19N3O4S. The smallest absolute Gasteiger partial charge is 0.339 e. The molecule has 7 nitrogen and oxygen atoms in total. The number of nitrogens with one attached hydrogen (secondary N) is 1. The number of rotatable bonds is 5. The minimum absolute atomic E-state index is 0.00926. The van der Waals surface area contributed by atoms with Gasteiger partial charge in [0.1, 0.15) is 10.7 Å². The number of carbonyl (C=O) groups excluding carboxylic acids is 1. The van der Waals surface area contributed by atoms with Crippen LogP contribution in [0.15, 0.2) is 59.5 Å². The maximum Gasteiger partial charge on any atom is 0.339 e. The molecule has 0 aliphatic carbocycles. The Bertz CT molecular complexity index is 1090. The zero-order valence-electron chi connectivity index (χ0n) is 15.1. The number of hydrogen-bond donors (Lipinski definition) is 1. The molecule has 0 amide bonds. The Balaban J connectivity index is 2.08. The Morgan fingerprint density at radius 3 is 2.44 bits per heavy atom. The number of methoxy groups -OCH3 is 1. The van der Waals surface area contributed by atoms with E-state index in [2.05, 4.69) is 9.82 Å². The fraction of sp³-hybridized carbons (Fsp3) is 0.158. The van der Waals surface area contributed by atoms with Crippen LogP contribution in [0, 0.1) is 13.8 Å². The predicted molar refractivity (Wildman–Crippen MR) is 102 cm³/mol. The summed E-state index contributed by atoms with van der Waals surface area (Å²) >= 11 is 0. The van der Waals surface area contributed by atoms with Crippen molar-refractivity contribution in [3.8, 4) is 5.69 Å². The predicted octanol–water partition coefficient (Wildman–Crippen LogP) is 3.08. The lowest BCUT2D eigenvalue weighted by molar-refractivity contribution is 0.0595. The number of carbonyl (C=O) groups is 1. The van der Waals surface area contributed by atoms with E-state index < -0.39 is 16.0 Å². The molecule has 3 aromatic rings. The van der Waals surface area contributed by atoms with Gasteiger partial charge in [0.25, 0.3) is 10.0 Å². The van der Waals surface area contributed by atoms with Crippen molar-refractivity contribution in [3.05, 3.63) is 71.4 Å². The van der Waals surface area contributed by atoms with E-state index in [1.54, 1.807) is 32.0 Å². The van der Waals surface area contributed by atoms with Gasteiger partial charge in [0.2, 0.25) is 0 Å². The lowest BCUT2D eigenvalue weighted by Gasteiger charge is -2.14. The van der Waals surface area contributed by atoms with Gasteiger partial charge in [-0.2, -0.15) is 5.10 Å². The number of sulfonamides is 1. The van der Waals surface area contributed by atoms with E-state index in [-0.39, 0.29) is 16.3 Å². The number of aryl methyl sites for hydroxylation is 2. The topological polar surface area (TPSA) is 90.3 Å². The molecule has 8 heteroatoms. The highest BCUT2D eigenvalue weighted by Crippen LogP contribution is 2.25. The van der Waals surface area contributed by atoms with E-state index in [1.807, 2.05) is 30.3 Å². The third-order valence-electron chi connectivity index (χ3n) is 3.98. The minimum Gasteiger partial charge on any atom is -0.465 e. The van der Waals surface area contributed by atoms with E-state index in [1.165, 1.54) is 17.9 Å². The van der Waals surface area contributed by atoms with Gasteiger partial charge >= 0.3 is 5.97 Å². The number of aromatic nitrogens is 2. The average Bonchev–Trinajstić information content (AvgIpc) is 3.01. The molecule has 3 rings (SSSR count). The standard InChI is InChI=1S/C19H19N3O4S/c1-13-8-7-11-16(18(13)19(23)26-3)27(24,25)21-17-12-14(2)20-22(17)15-9-5-4-6-10-15/h4-12,21H,1-3H3. The first-order chi connectivity index (χ1) is 12.8. The maximum atomic E-state index is 13.0. The lowest BCUT2D eigenvalue weighted by atomic mass is 10.1. The molecule has 0 atom stereocenters. The van der Waals surface area contributed by atoms with E-state index >= 15 is 0 Å². The zero-order chi connectivity index (χ0) is 19.6. The van der Waals surface area contributed by atoms with E-state index in [9.17, 15) is 13.2 Å². The largest absolute Gasteiger partial charge is 0.465 e. The number of esters is 1. The van der Waals surface area contributed by atoms with Crippen LogP contribution in [0.3, 0.4) is 0 Å². The van der Waals surface area contributed by atoms with Crippen molar-refractivity contribution < 1.29 is 17.9 Å². The normalized spacial score (nSPS) is 11.2. The average molecular weight is 385 g/mol. The molecule has 0 aliphatic rings. The van der Waals surface area contributed by atoms with Crippen LogP contribution < -0.4 is 4.72 Å². The summed E-state index contributed by atoms with van der Waals surface area (Å²) in [7, 11) is -2.84. The molecule has 0 aliphatic heterocycles. The third-order valence-corrected chi connectivity index (χ3v) is 5.38. The van der Waals surface area contributed by atoms with Crippen LogP contribution in [0.5, 0.6) is 0 Å². The number of para-hydroxylation sites is 1. The Kier molecular flexibility index (Phi) is 5.00. The summed E-state index contributed by atoms with van der Waals surface area (Å²) < 4.78 is 34.8. The van der Waals surface area contributed by atoms with Crippen molar-refractivity contribution in [2.75, 3.05) is 11.8 Å². The van der Waals surface area contributed by atoms with Crippen LogP contribution in [0.4, 0.5) is 5.82 Å². The first-order valence-electron chi connectivity index (χ1n) is 8.16. The fourth-order valence-corrected chi connectivity index (χ4v) is 4.06. The van der Waals surface area contributed by atoms with Gasteiger partial charge in [0.05, 0.1) is 24.1 Å². The molecule has 0 saturated heterocycles. The van der Waals surface area contributed by atoms with Gasteiger partial charge in [-0.3, -0.25) is 4.72 Å². The molecule has 0 saturated carbocycles. The maximum absolute atomic E-state index is 13.0. The van der Waals surface area contributed by atoms with Gasteiger partial charge in [-0.05, 0) is 37.6 Å². The minimum atomic E-state index is -4.05.